The van der Waals surface area contributed by atoms with Crippen LogP contribution in [0.25, 0.3) is 0 Å². The standard InChI is InChI=1S/C22H17N3O5/c23-22(28)25-24-14-17-11-12-18(29-20(26)15-7-3-1-4-8-15)13-19(17)30-21(27)16-9-5-2-6-10-16/h1-14H,(H3,23,25,28). The fourth-order valence-electron chi connectivity index (χ4n) is 2.41. The normalized spacial score (nSPS) is 10.4. The summed E-state index contributed by atoms with van der Waals surface area (Å²) in [6, 6.07) is 20.4. The van der Waals surface area contributed by atoms with Crippen LogP contribution in [0.2, 0.25) is 0 Å². The van der Waals surface area contributed by atoms with Crippen molar-refractivity contribution in [2.75, 3.05) is 0 Å². The molecular formula is C22H17N3O5. The van der Waals surface area contributed by atoms with Gasteiger partial charge in [-0.1, -0.05) is 36.4 Å². The van der Waals surface area contributed by atoms with Gasteiger partial charge in [-0.15, -0.1) is 0 Å². The Bertz CT molecular complexity index is 1080. The number of carbonyl (C=O) groups is 3. The molecule has 3 aromatic rings. The van der Waals surface area contributed by atoms with Gasteiger partial charge in [0.05, 0.1) is 17.3 Å². The topological polar surface area (TPSA) is 120 Å². The molecule has 8 nitrogen and oxygen atoms in total. The molecule has 0 atom stereocenters. The lowest BCUT2D eigenvalue weighted by molar-refractivity contribution is 0.0732. The van der Waals surface area contributed by atoms with Crippen molar-refractivity contribution in [3.63, 3.8) is 0 Å². The Morgan fingerprint density at radius 3 is 1.93 bits per heavy atom. The monoisotopic (exact) mass is 403 g/mol. The first kappa shape index (κ1) is 20.3. The molecule has 0 aromatic heterocycles. The maximum Gasteiger partial charge on any atom is 0.343 e. The predicted octanol–water partition coefficient (Wildman–Crippen LogP) is 3.13. The van der Waals surface area contributed by atoms with E-state index in [0.717, 1.165) is 0 Å². The summed E-state index contributed by atoms with van der Waals surface area (Å²) in [5.41, 5.74) is 8.10. The Morgan fingerprint density at radius 2 is 1.37 bits per heavy atom. The summed E-state index contributed by atoms with van der Waals surface area (Å²) in [7, 11) is 0. The van der Waals surface area contributed by atoms with E-state index in [4.69, 9.17) is 15.2 Å². The molecule has 3 rings (SSSR count). The lowest BCUT2D eigenvalue weighted by Gasteiger charge is -2.10. The van der Waals surface area contributed by atoms with Crippen LogP contribution in [0.1, 0.15) is 26.3 Å². The van der Waals surface area contributed by atoms with Crippen molar-refractivity contribution in [1.82, 2.24) is 5.43 Å². The minimum Gasteiger partial charge on any atom is -0.423 e. The molecule has 0 aliphatic carbocycles. The Kier molecular flexibility index (Phi) is 6.52. The number of primary amides is 1. The van der Waals surface area contributed by atoms with Crippen molar-refractivity contribution in [3.05, 3.63) is 95.6 Å². The smallest absolute Gasteiger partial charge is 0.343 e. The van der Waals surface area contributed by atoms with Crippen LogP contribution in [0.15, 0.2) is 84.0 Å². The molecule has 0 bridgehead atoms. The zero-order chi connectivity index (χ0) is 21.3. The molecule has 0 saturated heterocycles. The minimum atomic E-state index is -0.845. The average Bonchev–Trinajstić information content (AvgIpc) is 2.76. The number of ether oxygens (including phenoxy) is 2. The van der Waals surface area contributed by atoms with Crippen LogP contribution >= 0.6 is 0 Å². The van der Waals surface area contributed by atoms with E-state index in [1.165, 1.54) is 24.4 Å². The van der Waals surface area contributed by atoms with Crippen molar-refractivity contribution in [2.45, 2.75) is 0 Å². The van der Waals surface area contributed by atoms with Crippen LogP contribution in [0.5, 0.6) is 11.5 Å². The molecular weight excluding hydrogens is 386 g/mol. The second kappa shape index (κ2) is 9.65. The fourth-order valence-corrected chi connectivity index (χ4v) is 2.41. The zero-order valence-corrected chi connectivity index (χ0v) is 15.6. The number of esters is 2. The van der Waals surface area contributed by atoms with Gasteiger partial charge in [-0.05, 0) is 36.4 Å². The molecule has 0 spiro atoms. The van der Waals surface area contributed by atoms with E-state index in [-0.39, 0.29) is 11.5 Å². The van der Waals surface area contributed by atoms with Crippen LogP contribution in [0.4, 0.5) is 4.79 Å². The average molecular weight is 403 g/mol. The molecule has 0 aliphatic heterocycles. The van der Waals surface area contributed by atoms with E-state index in [1.807, 2.05) is 0 Å². The van der Waals surface area contributed by atoms with Gasteiger partial charge in [0.25, 0.3) is 0 Å². The number of benzene rings is 3. The van der Waals surface area contributed by atoms with E-state index in [0.29, 0.717) is 16.7 Å². The van der Waals surface area contributed by atoms with Crippen molar-refractivity contribution in [3.8, 4) is 11.5 Å². The Morgan fingerprint density at radius 1 is 0.800 bits per heavy atom. The molecule has 8 heteroatoms. The Labute approximate surface area is 171 Å². The van der Waals surface area contributed by atoms with Gasteiger partial charge in [0.1, 0.15) is 11.5 Å². The van der Waals surface area contributed by atoms with Crippen molar-refractivity contribution in [1.29, 1.82) is 0 Å². The molecule has 150 valence electrons. The van der Waals surface area contributed by atoms with Crippen LogP contribution in [0.3, 0.4) is 0 Å². The van der Waals surface area contributed by atoms with Crippen LogP contribution in [0, 0.1) is 0 Å². The highest BCUT2D eigenvalue weighted by atomic mass is 16.5. The van der Waals surface area contributed by atoms with E-state index in [2.05, 4.69) is 10.5 Å². The summed E-state index contributed by atoms with van der Waals surface area (Å²) in [5.74, 6) is -0.927. The van der Waals surface area contributed by atoms with Gasteiger partial charge in [0, 0.05) is 11.6 Å². The number of rotatable bonds is 6. The van der Waals surface area contributed by atoms with Crippen molar-refractivity contribution in [2.24, 2.45) is 10.8 Å². The summed E-state index contributed by atoms with van der Waals surface area (Å²) in [6.45, 7) is 0. The van der Waals surface area contributed by atoms with Gasteiger partial charge < -0.3 is 15.2 Å². The first-order valence-corrected chi connectivity index (χ1v) is 8.80. The Balaban J connectivity index is 1.86. The molecule has 0 unspecified atom stereocenters. The van der Waals surface area contributed by atoms with Gasteiger partial charge in [-0.25, -0.2) is 19.8 Å². The lowest BCUT2D eigenvalue weighted by atomic mass is 10.2. The second-order valence-corrected chi connectivity index (χ2v) is 5.94. The Hall–Kier alpha value is -4.46. The third kappa shape index (κ3) is 5.52. The summed E-state index contributed by atoms with van der Waals surface area (Å²) in [4.78, 5) is 35.5. The number of hydrogen-bond donors (Lipinski definition) is 2. The number of nitrogens with zero attached hydrogens (tertiary/aromatic N) is 1. The molecule has 3 aromatic carbocycles. The fraction of sp³-hybridized carbons (Fsp3) is 0. The third-order valence-corrected chi connectivity index (χ3v) is 3.80. The molecule has 2 amide bonds. The van der Waals surface area contributed by atoms with Gasteiger partial charge >= 0.3 is 18.0 Å². The molecule has 30 heavy (non-hydrogen) atoms. The number of carbonyl (C=O) groups excluding carboxylic acids is 3. The minimum absolute atomic E-state index is 0.0808. The third-order valence-electron chi connectivity index (χ3n) is 3.80. The van der Waals surface area contributed by atoms with E-state index < -0.39 is 18.0 Å². The predicted molar refractivity (Wildman–Crippen MR) is 110 cm³/mol. The highest BCUT2D eigenvalue weighted by molar-refractivity contribution is 5.94. The number of urea groups is 1. The highest BCUT2D eigenvalue weighted by Gasteiger charge is 2.14. The van der Waals surface area contributed by atoms with Crippen LogP contribution in [-0.2, 0) is 0 Å². The quantitative estimate of drug-likeness (QED) is 0.284. The SMILES string of the molecule is NC(=O)NN=Cc1ccc(OC(=O)c2ccccc2)cc1OC(=O)c1ccccc1. The summed E-state index contributed by atoms with van der Waals surface area (Å²) < 4.78 is 10.8. The molecule has 0 aliphatic rings. The highest BCUT2D eigenvalue weighted by Crippen LogP contribution is 2.25. The van der Waals surface area contributed by atoms with Gasteiger partial charge in [0.2, 0.25) is 0 Å². The second-order valence-electron chi connectivity index (χ2n) is 5.94. The van der Waals surface area contributed by atoms with Crippen molar-refractivity contribution >= 4 is 24.2 Å². The first-order valence-electron chi connectivity index (χ1n) is 8.80. The number of hydrogen-bond acceptors (Lipinski definition) is 6. The van der Waals surface area contributed by atoms with Gasteiger partial charge in [-0.2, -0.15) is 5.10 Å². The largest absolute Gasteiger partial charge is 0.423 e. The lowest BCUT2D eigenvalue weighted by Crippen LogP contribution is -2.24. The summed E-state index contributed by atoms with van der Waals surface area (Å²) in [5, 5.41) is 3.67. The first-order chi connectivity index (χ1) is 14.5. The van der Waals surface area contributed by atoms with E-state index >= 15 is 0 Å². The van der Waals surface area contributed by atoms with Crippen LogP contribution in [-0.4, -0.2) is 24.2 Å². The maximum absolute atomic E-state index is 12.4. The molecule has 0 fully saturated rings. The molecule has 0 saturated carbocycles. The van der Waals surface area contributed by atoms with Gasteiger partial charge in [-0.3, -0.25) is 0 Å². The van der Waals surface area contributed by atoms with Crippen molar-refractivity contribution < 1.29 is 23.9 Å². The zero-order valence-electron chi connectivity index (χ0n) is 15.6. The number of amides is 2. The van der Waals surface area contributed by atoms with E-state index in [9.17, 15) is 14.4 Å². The molecule has 0 radical (unpaired) electrons. The van der Waals surface area contributed by atoms with Crippen LogP contribution < -0.4 is 20.6 Å². The van der Waals surface area contributed by atoms with Gasteiger partial charge in [0.15, 0.2) is 0 Å². The summed E-state index contributed by atoms with van der Waals surface area (Å²) >= 11 is 0. The number of nitrogens with one attached hydrogen (secondary N) is 1. The molecule has 0 heterocycles. The number of hydrazone groups is 1. The molecule has 3 N–H and O–H groups in total. The van der Waals surface area contributed by atoms with E-state index in [1.54, 1.807) is 60.7 Å². The maximum atomic E-state index is 12.4. The number of nitrogens with two attached hydrogens (primary N) is 1. The summed E-state index contributed by atoms with van der Waals surface area (Å²) in [6.07, 6.45) is 1.25.